The van der Waals surface area contributed by atoms with Gasteiger partial charge in [0.2, 0.25) is 0 Å². The van der Waals surface area contributed by atoms with Crippen LogP contribution in [0.15, 0.2) is 6.07 Å². The van der Waals surface area contributed by atoms with Crippen LogP contribution < -0.4 is 11.1 Å². The number of rotatable bonds is 2. The summed E-state index contributed by atoms with van der Waals surface area (Å²) >= 11 is 0. The van der Waals surface area contributed by atoms with E-state index >= 15 is 0 Å². The number of nitrogens with one attached hydrogen (secondary N) is 1. The quantitative estimate of drug-likeness (QED) is 0.711. The zero-order valence-corrected chi connectivity index (χ0v) is 7.76. The maximum absolute atomic E-state index is 8.85. The van der Waals surface area contributed by atoms with Gasteiger partial charge in [0.25, 0.3) is 0 Å². The van der Waals surface area contributed by atoms with Gasteiger partial charge in [0.15, 0.2) is 0 Å². The van der Waals surface area contributed by atoms with E-state index in [1.807, 2.05) is 13.8 Å². The molecule has 1 heterocycles. The summed E-state index contributed by atoms with van der Waals surface area (Å²) in [4.78, 5) is 4.04. The van der Waals surface area contributed by atoms with Crippen molar-refractivity contribution in [1.29, 1.82) is 5.26 Å². The van der Waals surface area contributed by atoms with E-state index in [2.05, 4.69) is 16.4 Å². The molecule has 1 aromatic rings. The van der Waals surface area contributed by atoms with Crippen molar-refractivity contribution in [3.63, 3.8) is 0 Å². The number of nitrogens with two attached hydrogens (primary N) is 1. The van der Waals surface area contributed by atoms with Crippen LogP contribution in [0.25, 0.3) is 0 Å². The van der Waals surface area contributed by atoms with Gasteiger partial charge in [-0.3, -0.25) is 0 Å². The van der Waals surface area contributed by atoms with Gasteiger partial charge in [0.1, 0.15) is 17.7 Å². The summed E-state index contributed by atoms with van der Waals surface area (Å²) < 4.78 is 0. The molecule has 0 atom stereocenters. The Morgan fingerprint density at radius 2 is 2.38 bits per heavy atom. The molecular formula is C9H12N4. The van der Waals surface area contributed by atoms with Crippen LogP contribution in [0, 0.1) is 18.3 Å². The van der Waals surface area contributed by atoms with Crippen molar-refractivity contribution < 1.29 is 0 Å². The number of nitrogens with zero attached hydrogens (tertiary/aromatic N) is 2. The fraction of sp³-hybridized carbons (Fsp3) is 0.333. The summed E-state index contributed by atoms with van der Waals surface area (Å²) in [6.07, 6.45) is 0. The van der Waals surface area contributed by atoms with Gasteiger partial charge in [0, 0.05) is 6.54 Å². The maximum atomic E-state index is 8.85. The van der Waals surface area contributed by atoms with Crippen LogP contribution in [0.5, 0.6) is 0 Å². The Morgan fingerprint density at radius 3 is 2.92 bits per heavy atom. The fourth-order valence-corrected chi connectivity index (χ4v) is 1.13. The van der Waals surface area contributed by atoms with Gasteiger partial charge >= 0.3 is 0 Å². The first-order valence-corrected chi connectivity index (χ1v) is 4.10. The number of aryl methyl sites for hydroxylation is 1. The summed E-state index contributed by atoms with van der Waals surface area (Å²) in [5.41, 5.74) is 6.97. The Labute approximate surface area is 77.4 Å². The van der Waals surface area contributed by atoms with Crippen LogP contribution in [0.4, 0.5) is 11.6 Å². The summed E-state index contributed by atoms with van der Waals surface area (Å²) in [6.45, 7) is 4.52. The van der Waals surface area contributed by atoms with Gasteiger partial charge in [0.05, 0.1) is 5.56 Å². The van der Waals surface area contributed by atoms with Gasteiger partial charge in [-0.2, -0.15) is 5.26 Å². The molecule has 0 spiro atoms. The number of nitriles is 1. The normalized spacial score (nSPS) is 9.31. The Morgan fingerprint density at radius 1 is 1.69 bits per heavy atom. The van der Waals surface area contributed by atoms with Crippen LogP contribution in [0.2, 0.25) is 0 Å². The van der Waals surface area contributed by atoms with Crippen molar-refractivity contribution in [1.82, 2.24) is 4.98 Å². The molecule has 0 saturated heterocycles. The SMILES string of the molecule is CCNc1nc(N)cc(C)c1C#N. The van der Waals surface area contributed by atoms with Crippen LogP contribution in [-0.4, -0.2) is 11.5 Å². The smallest absolute Gasteiger partial charge is 0.146 e. The Hall–Kier alpha value is -1.76. The summed E-state index contributed by atoms with van der Waals surface area (Å²) in [6, 6.07) is 3.79. The van der Waals surface area contributed by atoms with Gasteiger partial charge in [-0.1, -0.05) is 0 Å². The molecule has 68 valence electrons. The van der Waals surface area contributed by atoms with Crippen molar-refractivity contribution in [3.05, 3.63) is 17.2 Å². The van der Waals surface area contributed by atoms with E-state index in [9.17, 15) is 0 Å². The summed E-state index contributed by atoms with van der Waals surface area (Å²) in [5.74, 6) is 1.01. The molecule has 0 aliphatic carbocycles. The van der Waals surface area contributed by atoms with Crippen LogP contribution in [0.3, 0.4) is 0 Å². The summed E-state index contributed by atoms with van der Waals surface area (Å²) in [5, 5.41) is 11.8. The van der Waals surface area contributed by atoms with Crippen LogP contribution in [0.1, 0.15) is 18.1 Å². The molecule has 0 aliphatic heterocycles. The van der Waals surface area contributed by atoms with Gasteiger partial charge in [-0.05, 0) is 25.5 Å². The number of pyridine rings is 1. The third-order valence-electron chi connectivity index (χ3n) is 1.69. The first-order chi connectivity index (χ1) is 6.19. The Kier molecular flexibility index (Phi) is 2.70. The highest BCUT2D eigenvalue weighted by atomic mass is 15.0. The predicted octanol–water partition coefficient (Wildman–Crippen LogP) is 1.28. The molecule has 0 amide bonds. The zero-order valence-electron chi connectivity index (χ0n) is 7.76. The lowest BCUT2D eigenvalue weighted by Crippen LogP contribution is -2.05. The topological polar surface area (TPSA) is 74.7 Å². The minimum Gasteiger partial charge on any atom is -0.384 e. The first-order valence-electron chi connectivity index (χ1n) is 4.10. The molecular weight excluding hydrogens is 164 g/mol. The molecule has 0 saturated carbocycles. The van der Waals surface area contributed by atoms with E-state index in [1.165, 1.54) is 0 Å². The number of anilines is 2. The lowest BCUT2D eigenvalue weighted by Gasteiger charge is -2.07. The highest BCUT2D eigenvalue weighted by Crippen LogP contribution is 2.18. The highest BCUT2D eigenvalue weighted by Gasteiger charge is 2.06. The molecule has 3 N–H and O–H groups in total. The average molecular weight is 176 g/mol. The second kappa shape index (κ2) is 3.76. The van der Waals surface area contributed by atoms with Gasteiger partial charge in [-0.15, -0.1) is 0 Å². The van der Waals surface area contributed by atoms with E-state index < -0.39 is 0 Å². The molecule has 1 rings (SSSR count). The van der Waals surface area contributed by atoms with Crippen LogP contribution >= 0.6 is 0 Å². The average Bonchev–Trinajstić information content (AvgIpc) is 2.04. The van der Waals surface area contributed by atoms with Crippen molar-refractivity contribution >= 4 is 11.6 Å². The van der Waals surface area contributed by atoms with E-state index in [4.69, 9.17) is 11.0 Å². The molecule has 4 heteroatoms. The number of hydrogen-bond acceptors (Lipinski definition) is 4. The minimum absolute atomic E-state index is 0.437. The van der Waals surface area contributed by atoms with Crippen molar-refractivity contribution in [3.8, 4) is 6.07 Å². The lowest BCUT2D eigenvalue weighted by atomic mass is 10.1. The third-order valence-corrected chi connectivity index (χ3v) is 1.69. The Bertz CT molecular complexity index is 351. The second-order valence-corrected chi connectivity index (χ2v) is 2.73. The second-order valence-electron chi connectivity index (χ2n) is 2.73. The number of aromatic nitrogens is 1. The molecule has 0 aliphatic rings. The first kappa shape index (κ1) is 9.33. The molecule has 0 radical (unpaired) electrons. The van der Waals surface area contributed by atoms with E-state index in [-0.39, 0.29) is 0 Å². The molecule has 1 aromatic heterocycles. The lowest BCUT2D eigenvalue weighted by molar-refractivity contribution is 1.14. The van der Waals surface area contributed by atoms with Gasteiger partial charge in [-0.25, -0.2) is 4.98 Å². The molecule has 0 aromatic carbocycles. The van der Waals surface area contributed by atoms with Crippen molar-refractivity contribution in [2.75, 3.05) is 17.6 Å². The van der Waals surface area contributed by atoms with Crippen molar-refractivity contribution in [2.24, 2.45) is 0 Å². The number of hydrogen-bond donors (Lipinski definition) is 2. The van der Waals surface area contributed by atoms with E-state index in [0.29, 0.717) is 17.2 Å². The molecule has 4 nitrogen and oxygen atoms in total. The van der Waals surface area contributed by atoms with Crippen LogP contribution in [-0.2, 0) is 0 Å². The maximum Gasteiger partial charge on any atom is 0.146 e. The predicted molar refractivity (Wildman–Crippen MR) is 52.3 cm³/mol. The van der Waals surface area contributed by atoms with Gasteiger partial charge < -0.3 is 11.1 Å². The highest BCUT2D eigenvalue weighted by molar-refractivity contribution is 5.59. The monoisotopic (exact) mass is 176 g/mol. The molecule has 0 unspecified atom stereocenters. The van der Waals surface area contributed by atoms with E-state index in [1.54, 1.807) is 6.07 Å². The number of nitrogen functional groups attached to an aromatic ring is 1. The molecule has 0 fully saturated rings. The third kappa shape index (κ3) is 1.88. The zero-order chi connectivity index (χ0) is 9.84. The standard InChI is InChI=1S/C9H12N4/c1-3-12-9-7(5-10)6(2)4-8(11)13-9/h4H,3H2,1-2H3,(H3,11,12,13). The minimum atomic E-state index is 0.437. The van der Waals surface area contributed by atoms with Crippen molar-refractivity contribution in [2.45, 2.75) is 13.8 Å². The molecule has 13 heavy (non-hydrogen) atoms. The molecule has 0 bridgehead atoms. The Balaban J connectivity index is 3.23. The largest absolute Gasteiger partial charge is 0.384 e. The van der Waals surface area contributed by atoms with E-state index in [0.717, 1.165) is 12.1 Å². The fourth-order valence-electron chi connectivity index (χ4n) is 1.13. The summed E-state index contributed by atoms with van der Waals surface area (Å²) in [7, 11) is 0.